The highest BCUT2D eigenvalue weighted by Crippen LogP contribution is 2.20. The average Bonchev–Trinajstić information content (AvgIpc) is 3.11. The van der Waals surface area contributed by atoms with Gasteiger partial charge in [0.15, 0.2) is 0 Å². The maximum absolute atomic E-state index is 13.0. The van der Waals surface area contributed by atoms with Crippen molar-refractivity contribution in [2.45, 2.75) is 6.61 Å². The van der Waals surface area contributed by atoms with Gasteiger partial charge in [-0.2, -0.15) is 0 Å². The average molecular weight is 671 g/mol. The number of nitrogens with one attached hydrogen (secondary N) is 2. The lowest BCUT2D eigenvalue weighted by atomic mass is 10.1. The van der Waals surface area contributed by atoms with Crippen LogP contribution in [-0.4, -0.2) is 72.6 Å². The second-order valence-corrected chi connectivity index (χ2v) is 11.0. The fraction of sp³-hybridized carbons (Fsp3) is 0.171. The van der Waals surface area contributed by atoms with E-state index in [1.165, 1.54) is 12.1 Å². The van der Waals surface area contributed by atoms with E-state index in [2.05, 4.69) is 10.2 Å². The number of carbonyl (C=O) groups is 4. The predicted octanol–water partition coefficient (Wildman–Crippen LogP) is 5.21. The number of carbonyl (C=O) groups excluding carboxylic acids is 3. The Labute approximate surface area is 282 Å². The molecule has 1 aliphatic heterocycles. The fourth-order valence-electron chi connectivity index (χ4n) is 4.76. The maximum Gasteiger partial charge on any atom is 0.413 e. The van der Waals surface area contributed by atoms with Crippen molar-refractivity contribution in [2.24, 2.45) is 5.73 Å². The summed E-state index contributed by atoms with van der Waals surface area (Å²) in [7, 11) is 0. The van der Waals surface area contributed by atoms with Gasteiger partial charge in [0.2, 0.25) is 0 Å². The van der Waals surface area contributed by atoms with Crippen molar-refractivity contribution < 1.29 is 29.0 Å². The lowest BCUT2D eigenvalue weighted by molar-refractivity contribution is -0.135. The van der Waals surface area contributed by atoms with Crippen molar-refractivity contribution >= 4 is 52.8 Å². The molecule has 0 radical (unpaired) electrons. The summed E-state index contributed by atoms with van der Waals surface area (Å²) in [6, 6.07) is 31.0. The number of urea groups is 1. The second kappa shape index (κ2) is 17.2. The molecule has 1 fully saturated rings. The molecule has 0 spiro atoms. The molecule has 5 rings (SSSR count). The third kappa shape index (κ3) is 10.3. The minimum atomic E-state index is -1.16. The Balaban J connectivity index is 0.000000271. The minimum absolute atomic E-state index is 0.0553. The summed E-state index contributed by atoms with van der Waals surface area (Å²) < 4.78 is 5.11. The number of ether oxygens (including phenoxy) is 1. The SMILES string of the molecule is N=C(NC(=O)OCc1ccccc1)c1cccc(C(=O)N(CC(=O)O)c2ccccc2)c1.NC(=O)N1CCN(c2ccc(Cl)cc2)CC1. The number of alkyl carbamates (subject to hydrolysis) is 1. The van der Waals surface area contributed by atoms with Gasteiger partial charge in [0, 0.05) is 53.7 Å². The molecule has 1 saturated heterocycles. The largest absolute Gasteiger partial charge is 0.480 e. The van der Waals surface area contributed by atoms with Gasteiger partial charge >= 0.3 is 18.1 Å². The van der Waals surface area contributed by atoms with E-state index in [1.807, 2.05) is 54.6 Å². The summed E-state index contributed by atoms with van der Waals surface area (Å²) in [5.74, 6) is -1.95. The smallest absolute Gasteiger partial charge is 0.413 e. The van der Waals surface area contributed by atoms with Crippen LogP contribution in [0.15, 0.2) is 109 Å². The van der Waals surface area contributed by atoms with Crippen LogP contribution in [0.5, 0.6) is 0 Å². The predicted molar refractivity (Wildman–Crippen MR) is 184 cm³/mol. The number of primary amides is 1. The summed E-state index contributed by atoms with van der Waals surface area (Å²) in [5, 5.41) is 20.4. The molecular weight excluding hydrogens is 636 g/mol. The molecule has 0 atom stereocenters. The first-order valence-electron chi connectivity index (χ1n) is 14.9. The number of hydrogen-bond donors (Lipinski definition) is 4. The molecule has 1 aliphatic rings. The van der Waals surface area contributed by atoms with E-state index in [1.54, 1.807) is 47.4 Å². The van der Waals surface area contributed by atoms with Gasteiger partial charge in [-0.15, -0.1) is 0 Å². The minimum Gasteiger partial charge on any atom is -0.480 e. The van der Waals surface area contributed by atoms with Crippen LogP contribution < -0.4 is 20.9 Å². The Hall–Kier alpha value is -5.88. The Morgan fingerprint density at radius 1 is 0.833 bits per heavy atom. The molecule has 4 aromatic rings. The molecule has 248 valence electrons. The zero-order chi connectivity index (χ0) is 34.5. The molecule has 0 saturated carbocycles. The van der Waals surface area contributed by atoms with Gasteiger partial charge < -0.3 is 25.4 Å². The third-order valence-electron chi connectivity index (χ3n) is 7.23. The van der Waals surface area contributed by atoms with Crippen LogP contribution in [0.1, 0.15) is 21.5 Å². The first kappa shape index (κ1) is 35.0. The number of aliphatic carboxylic acids is 1. The Kier molecular flexibility index (Phi) is 12.5. The van der Waals surface area contributed by atoms with Gasteiger partial charge in [0.05, 0.1) is 0 Å². The summed E-state index contributed by atoms with van der Waals surface area (Å²) in [6.45, 7) is 2.51. The number of piperazine rings is 1. The molecule has 0 bridgehead atoms. The topological polar surface area (TPSA) is 169 Å². The van der Waals surface area contributed by atoms with Crippen molar-refractivity contribution in [1.82, 2.24) is 10.2 Å². The van der Waals surface area contributed by atoms with Crippen LogP contribution in [0.2, 0.25) is 5.02 Å². The summed E-state index contributed by atoms with van der Waals surface area (Å²) in [6.07, 6.45) is -0.799. The number of carboxylic acids is 1. The van der Waals surface area contributed by atoms with Gasteiger partial charge in [-0.25, -0.2) is 9.59 Å². The first-order valence-corrected chi connectivity index (χ1v) is 15.3. The number of nitrogens with zero attached hydrogens (tertiary/aromatic N) is 3. The summed E-state index contributed by atoms with van der Waals surface area (Å²) in [5.41, 5.74) is 8.05. The molecule has 1 heterocycles. The zero-order valence-electron chi connectivity index (χ0n) is 25.9. The number of amidine groups is 1. The van der Waals surface area contributed by atoms with Crippen LogP contribution in [-0.2, 0) is 16.1 Å². The number of amides is 4. The molecule has 48 heavy (non-hydrogen) atoms. The van der Waals surface area contributed by atoms with Crippen LogP contribution >= 0.6 is 11.6 Å². The monoisotopic (exact) mass is 670 g/mol. The van der Waals surface area contributed by atoms with Gasteiger partial charge in [0.1, 0.15) is 19.0 Å². The lowest BCUT2D eigenvalue weighted by Crippen LogP contribution is -2.50. The van der Waals surface area contributed by atoms with Crippen LogP contribution in [0.3, 0.4) is 0 Å². The molecule has 13 heteroatoms. The number of nitrogens with two attached hydrogens (primary N) is 1. The number of para-hydroxylation sites is 1. The highest BCUT2D eigenvalue weighted by molar-refractivity contribution is 6.30. The highest BCUT2D eigenvalue weighted by atomic mass is 35.5. The maximum atomic E-state index is 13.0. The molecule has 0 aliphatic carbocycles. The van der Waals surface area contributed by atoms with E-state index in [0.717, 1.165) is 34.3 Å². The summed E-state index contributed by atoms with van der Waals surface area (Å²) in [4.78, 5) is 52.3. The number of benzene rings is 4. The molecule has 12 nitrogen and oxygen atoms in total. The molecule has 0 unspecified atom stereocenters. The number of hydrogen-bond acceptors (Lipinski definition) is 7. The zero-order valence-corrected chi connectivity index (χ0v) is 26.7. The number of rotatable bonds is 8. The van der Waals surface area contributed by atoms with E-state index in [0.29, 0.717) is 18.8 Å². The molecule has 0 aromatic heterocycles. The van der Waals surface area contributed by atoms with Gasteiger partial charge in [-0.3, -0.25) is 25.2 Å². The number of carboxylic acid groups (broad SMARTS) is 1. The van der Waals surface area contributed by atoms with Crippen molar-refractivity contribution in [2.75, 3.05) is 42.5 Å². The standard InChI is InChI=1S/C24H21N3O5.C11H14ClN3O/c25-22(26-24(31)32-16-17-8-3-1-4-9-17)18-10-7-11-19(14-18)23(30)27(15-21(28)29)20-12-5-2-6-13-20;12-9-1-3-10(4-2-9)14-5-7-15(8-6-14)11(13)16/h1-14H,15-16H2,(H,28,29)(H2,25,26,31);1-4H,5-8H2,(H2,13,16). The van der Waals surface area contributed by atoms with Crippen molar-refractivity contribution in [3.8, 4) is 0 Å². The Bertz CT molecular complexity index is 1710. The van der Waals surface area contributed by atoms with Gasteiger partial charge in [-0.1, -0.05) is 72.3 Å². The van der Waals surface area contributed by atoms with Gasteiger partial charge in [0.25, 0.3) is 5.91 Å². The fourth-order valence-corrected chi connectivity index (χ4v) is 4.88. The first-order chi connectivity index (χ1) is 23.1. The number of halogens is 1. The van der Waals surface area contributed by atoms with Crippen molar-refractivity contribution in [3.63, 3.8) is 0 Å². The molecule has 5 N–H and O–H groups in total. The lowest BCUT2D eigenvalue weighted by Gasteiger charge is -2.35. The molecular formula is C35H35ClN6O6. The molecule has 4 amide bonds. The van der Waals surface area contributed by atoms with Crippen LogP contribution in [0.25, 0.3) is 0 Å². The van der Waals surface area contributed by atoms with E-state index in [-0.39, 0.29) is 29.6 Å². The van der Waals surface area contributed by atoms with E-state index in [9.17, 15) is 24.3 Å². The Morgan fingerprint density at radius 3 is 2.04 bits per heavy atom. The Morgan fingerprint density at radius 2 is 1.44 bits per heavy atom. The second-order valence-electron chi connectivity index (χ2n) is 10.6. The molecule has 4 aromatic carbocycles. The van der Waals surface area contributed by atoms with Crippen LogP contribution in [0, 0.1) is 5.41 Å². The third-order valence-corrected chi connectivity index (χ3v) is 7.48. The van der Waals surface area contributed by atoms with Crippen molar-refractivity contribution in [3.05, 3.63) is 131 Å². The normalized spacial score (nSPS) is 12.2. The van der Waals surface area contributed by atoms with E-state index in [4.69, 9.17) is 27.5 Å². The van der Waals surface area contributed by atoms with E-state index < -0.39 is 24.5 Å². The number of anilines is 2. The quantitative estimate of drug-likeness (QED) is 0.147. The van der Waals surface area contributed by atoms with E-state index >= 15 is 0 Å². The van der Waals surface area contributed by atoms with Crippen LogP contribution in [0.4, 0.5) is 21.0 Å². The highest BCUT2D eigenvalue weighted by Gasteiger charge is 2.22. The van der Waals surface area contributed by atoms with Crippen molar-refractivity contribution in [1.29, 1.82) is 5.41 Å². The summed E-state index contributed by atoms with van der Waals surface area (Å²) >= 11 is 5.83. The van der Waals surface area contributed by atoms with Gasteiger partial charge in [-0.05, 0) is 54.1 Å².